The molecule has 1 fully saturated rings. The van der Waals surface area contributed by atoms with Gasteiger partial charge in [-0.2, -0.15) is 0 Å². The van der Waals surface area contributed by atoms with Crippen molar-refractivity contribution < 1.29 is 9.59 Å². The zero-order chi connectivity index (χ0) is 16.2. The predicted molar refractivity (Wildman–Crippen MR) is 91.2 cm³/mol. The maximum absolute atomic E-state index is 11.9. The molecule has 1 aliphatic rings. The minimum Gasteiger partial charge on any atom is -0.273 e. The molecule has 2 amide bonds. The maximum atomic E-state index is 11.9. The van der Waals surface area contributed by atoms with Gasteiger partial charge in [0, 0.05) is 27.5 Å². The Morgan fingerprint density at radius 1 is 1.26 bits per heavy atom. The zero-order valence-corrected chi connectivity index (χ0v) is 14.3. The number of thiazole rings is 1. The normalized spacial score (nSPS) is 13.6. The average molecular weight is 347 g/mol. The van der Waals surface area contributed by atoms with Crippen LogP contribution < -0.4 is 10.9 Å². The number of hydrogen-bond acceptors (Lipinski definition) is 5. The molecule has 2 aromatic rings. The number of rotatable bonds is 5. The molecule has 2 N–H and O–H groups in total. The quantitative estimate of drug-likeness (QED) is 0.644. The molecule has 0 unspecified atom stereocenters. The molecule has 3 rings (SSSR count). The van der Waals surface area contributed by atoms with Crippen molar-refractivity contribution in [3.63, 3.8) is 0 Å². The molecule has 1 aromatic carbocycles. The summed E-state index contributed by atoms with van der Waals surface area (Å²) in [5.41, 5.74) is 6.50. The third kappa shape index (κ3) is 4.56. The van der Waals surface area contributed by atoms with E-state index >= 15 is 0 Å². The maximum Gasteiger partial charge on any atom is 0.269 e. The van der Waals surface area contributed by atoms with E-state index in [2.05, 4.69) is 21.2 Å². The first-order chi connectivity index (χ1) is 11.1. The Balaban J connectivity index is 1.49. The third-order valence-electron chi connectivity index (χ3n) is 3.42. The van der Waals surface area contributed by atoms with Crippen molar-refractivity contribution in [1.82, 2.24) is 15.8 Å². The molecule has 1 aromatic heterocycles. The highest BCUT2D eigenvalue weighted by Crippen LogP contribution is 2.28. The molecule has 0 spiro atoms. The lowest BCUT2D eigenvalue weighted by molar-refractivity contribution is -0.123. The lowest BCUT2D eigenvalue weighted by Gasteiger charge is -2.07. The van der Waals surface area contributed by atoms with Crippen molar-refractivity contribution in [3.05, 3.63) is 45.9 Å². The first-order valence-electron chi connectivity index (χ1n) is 7.36. The molecule has 0 radical (unpaired) electrons. The highest BCUT2D eigenvalue weighted by molar-refractivity contribution is 7.98. The summed E-state index contributed by atoms with van der Waals surface area (Å²) in [4.78, 5) is 28.9. The standard InChI is InChI=1S/C16H17N3O2S2/c1-10-17-13(8-22-10)9-23-14-6-4-12(5-7-14)16(21)19-18-15(20)11-2-3-11/h4-8,11H,2-3,9H2,1H3,(H,18,20)(H,19,21). The van der Waals surface area contributed by atoms with Crippen LogP contribution in [0, 0.1) is 12.8 Å². The molecular formula is C16H17N3O2S2. The number of amides is 2. The Hall–Kier alpha value is -1.86. The van der Waals surface area contributed by atoms with Gasteiger partial charge in [-0.3, -0.25) is 20.4 Å². The number of thioether (sulfide) groups is 1. The summed E-state index contributed by atoms with van der Waals surface area (Å²) in [6.45, 7) is 1.99. The molecule has 1 aliphatic carbocycles. The van der Waals surface area contributed by atoms with E-state index in [-0.39, 0.29) is 17.7 Å². The van der Waals surface area contributed by atoms with Gasteiger partial charge in [0.05, 0.1) is 10.7 Å². The van der Waals surface area contributed by atoms with Gasteiger partial charge >= 0.3 is 0 Å². The second kappa shape index (κ2) is 7.14. The van der Waals surface area contributed by atoms with E-state index in [1.54, 1.807) is 35.2 Å². The van der Waals surface area contributed by atoms with E-state index in [0.717, 1.165) is 34.2 Å². The van der Waals surface area contributed by atoms with Crippen molar-refractivity contribution in [2.24, 2.45) is 5.92 Å². The van der Waals surface area contributed by atoms with Gasteiger partial charge < -0.3 is 0 Å². The third-order valence-corrected chi connectivity index (χ3v) is 5.29. The summed E-state index contributed by atoms with van der Waals surface area (Å²) in [5, 5.41) is 3.13. The fourth-order valence-corrected chi connectivity index (χ4v) is 3.48. The van der Waals surface area contributed by atoms with Gasteiger partial charge in [-0.15, -0.1) is 23.1 Å². The molecular weight excluding hydrogens is 330 g/mol. The van der Waals surface area contributed by atoms with Gasteiger partial charge in [0.25, 0.3) is 5.91 Å². The second-order valence-corrected chi connectivity index (χ2v) is 7.50. The van der Waals surface area contributed by atoms with Crippen LogP contribution >= 0.6 is 23.1 Å². The molecule has 1 heterocycles. The smallest absolute Gasteiger partial charge is 0.269 e. The molecule has 0 aliphatic heterocycles. The van der Waals surface area contributed by atoms with Crippen molar-refractivity contribution in [2.45, 2.75) is 30.4 Å². The summed E-state index contributed by atoms with van der Waals surface area (Å²) < 4.78 is 0. The van der Waals surface area contributed by atoms with Crippen LogP contribution in [-0.2, 0) is 10.5 Å². The Kier molecular flexibility index (Phi) is 4.97. The summed E-state index contributed by atoms with van der Waals surface area (Å²) in [6, 6.07) is 7.32. The number of benzene rings is 1. The lowest BCUT2D eigenvalue weighted by Crippen LogP contribution is -2.42. The highest BCUT2D eigenvalue weighted by atomic mass is 32.2. The van der Waals surface area contributed by atoms with E-state index in [4.69, 9.17) is 0 Å². The van der Waals surface area contributed by atoms with Crippen LogP contribution in [-0.4, -0.2) is 16.8 Å². The van der Waals surface area contributed by atoms with E-state index in [0.29, 0.717) is 5.56 Å². The Morgan fingerprint density at radius 3 is 2.61 bits per heavy atom. The van der Waals surface area contributed by atoms with Crippen LogP contribution in [0.15, 0.2) is 34.5 Å². The van der Waals surface area contributed by atoms with Crippen LogP contribution in [0.1, 0.15) is 33.9 Å². The number of hydrazine groups is 1. The predicted octanol–water partition coefficient (Wildman–Crippen LogP) is 2.91. The van der Waals surface area contributed by atoms with Crippen LogP contribution in [0.5, 0.6) is 0 Å². The Morgan fingerprint density at radius 2 is 2.00 bits per heavy atom. The molecule has 120 valence electrons. The number of carbonyl (C=O) groups excluding carboxylic acids is 2. The summed E-state index contributed by atoms with van der Waals surface area (Å²) >= 11 is 3.33. The number of nitrogens with one attached hydrogen (secondary N) is 2. The summed E-state index contributed by atoms with van der Waals surface area (Å²) in [6.07, 6.45) is 1.82. The first-order valence-corrected chi connectivity index (χ1v) is 9.22. The van der Waals surface area contributed by atoms with Gasteiger partial charge in [-0.05, 0) is 44.0 Å². The van der Waals surface area contributed by atoms with Crippen LogP contribution in [0.25, 0.3) is 0 Å². The molecule has 1 saturated carbocycles. The van der Waals surface area contributed by atoms with Gasteiger partial charge in [0.2, 0.25) is 5.91 Å². The van der Waals surface area contributed by atoms with Gasteiger partial charge in [-0.1, -0.05) is 0 Å². The van der Waals surface area contributed by atoms with E-state index < -0.39 is 0 Å². The molecule has 7 heteroatoms. The number of nitrogens with zero attached hydrogens (tertiary/aromatic N) is 1. The van der Waals surface area contributed by atoms with Crippen molar-refractivity contribution in [2.75, 3.05) is 0 Å². The van der Waals surface area contributed by atoms with Crippen molar-refractivity contribution in [3.8, 4) is 0 Å². The zero-order valence-electron chi connectivity index (χ0n) is 12.7. The average Bonchev–Trinajstić information content (AvgIpc) is 3.33. The minimum absolute atomic E-state index is 0.0726. The van der Waals surface area contributed by atoms with Crippen LogP contribution in [0.2, 0.25) is 0 Å². The summed E-state index contributed by atoms with van der Waals surface area (Å²) in [5.74, 6) is 0.478. The number of aryl methyl sites for hydroxylation is 1. The number of aromatic nitrogens is 1. The Labute approximate surface area is 142 Å². The van der Waals surface area contributed by atoms with E-state index in [1.807, 2.05) is 19.1 Å². The van der Waals surface area contributed by atoms with Crippen molar-refractivity contribution >= 4 is 34.9 Å². The van der Waals surface area contributed by atoms with E-state index in [9.17, 15) is 9.59 Å². The monoisotopic (exact) mass is 347 g/mol. The van der Waals surface area contributed by atoms with Crippen molar-refractivity contribution in [1.29, 1.82) is 0 Å². The molecule has 0 atom stereocenters. The van der Waals surface area contributed by atoms with Gasteiger partial charge in [0.1, 0.15) is 0 Å². The molecule has 5 nitrogen and oxygen atoms in total. The topological polar surface area (TPSA) is 71.1 Å². The SMILES string of the molecule is Cc1nc(CSc2ccc(C(=O)NNC(=O)C3CC3)cc2)cs1. The second-order valence-electron chi connectivity index (χ2n) is 5.39. The Bertz CT molecular complexity index is 708. The summed E-state index contributed by atoms with van der Waals surface area (Å²) in [7, 11) is 0. The van der Waals surface area contributed by atoms with Gasteiger partial charge in [0.15, 0.2) is 0 Å². The highest BCUT2D eigenvalue weighted by Gasteiger charge is 2.29. The van der Waals surface area contributed by atoms with Gasteiger partial charge in [-0.25, -0.2) is 4.98 Å². The first kappa shape index (κ1) is 16.0. The fraction of sp³-hybridized carbons (Fsp3) is 0.312. The fourth-order valence-electron chi connectivity index (χ4n) is 1.97. The molecule has 23 heavy (non-hydrogen) atoms. The largest absolute Gasteiger partial charge is 0.273 e. The minimum atomic E-state index is -0.300. The number of carbonyl (C=O) groups is 2. The lowest BCUT2D eigenvalue weighted by atomic mass is 10.2. The number of hydrogen-bond donors (Lipinski definition) is 2. The van der Waals surface area contributed by atoms with Crippen LogP contribution in [0.3, 0.4) is 0 Å². The van der Waals surface area contributed by atoms with E-state index in [1.165, 1.54) is 0 Å². The molecule has 0 saturated heterocycles. The molecule has 0 bridgehead atoms. The van der Waals surface area contributed by atoms with Crippen LogP contribution in [0.4, 0.5) is 0 Å².